The predicted octanol–water partition coefficient (Wildman–Crippen LogP) is 5.61. The normalized spacial score (nSPS) is 38.3. The molecule has 2 aromatic rings. The van der Waals surface area contributed by atoms with Gasteiger partial charge in [0.25, 0.3) is 0 Å². The zero-order valence-electron chi connectivity index (χ0n) is 25.8. The summed E-state index contributed by atoms with van der Waals surface area (Å²) in [7, 11) is 0. The number of ether oxygens (including phenoxy) is 2. The summed E-state index contributed by atoms with van der Waals surface area (Å²) in [5, 5.41) is 22.2. The van der Waals surface area contributed by atoms with E-state index in [0.717, 1.165) is 23.3 Å². The van der Waals surface area contributed by atoms with Gasteiger partial charge in [0.05, 0.1) is 12.2 Å². The number of Topliss-reactive ketones (excluding diaryl/α,β-unsaturated/α-hetero) is 1. The van der Waals surface area contributed by atoms with E-state index in [1.807, 2.05) is 37.3 Å². The minimum absolute atomic E-state index is 0.0262. The fourth-order valence-corrected chi connectivity index (χ4v) is 10.7. The highest BCUT2D eigenvalue weighted by Gasteiger charge is 2.76. The molecule has 1 saturated heterocycles. The number of anilines is 1. The van der Waals surface area contributed by atoms with E-state index < -0.39 is 53.1 Å². The van der Waals surface area contributed by atoms with Gasteiger partial charge in [-0.25, -0.2) is 4.39 Å². The molecule has 4 fully saturated rings. The molecule has 45 heavy (non-hydrogen) atoms. The van der Waals surface area contributed by atoms with Crippen molar-refractivity contribution in [2.75, 3.05) is 12.3 Å². The largest absolute Gasteiger partial charge is 0.399 e. The third kappa shape index (κ3) is 4.45. The Bertz CT molecular complexity index is 1640. The molecule has 1 heterocycles. The third-order valence-corrected chi connectivity index (χ3v) is 12.8. The number of carbonyl (C=O) groups excluding carboxylic acids is 2. The number of aryl methyl sites for hydroxylation is 1. The van der Waals surface area contributed by atoms with Crippen LogP contribution in [-0.2, 0) is 24.8 Å². The molecular weight excluding hydrogens is 593 g/mol. The van der Waals surface area contributed by atoms with Gasteiger partial charge < -0.3 is 25.4 Å². The van der Waals surface area contributed by atoms with Crippen molar-refractivity contribution in [3.63, 3.8) is 0 Å². The summed E-state index contributed by atoms with van der Waals surface area (Å²) in [4.78, 5) is 27.0. The summed E-state index contributed by atoms with van der Waals surface area (Å²) >= 11 is 1.47. The van der Waals surface area contributed by atoms with Crippen LogP contribution in [0.15, 0.2) is 65.1 Å². The van der Waals surface area contributed by atoms with Gasteiger partial charge >= 0.3 is 0 Å². The summed E-state index contributed by atoms with van der Waals surface area (Å²) < 4.78 is 29.5. The minimum atomic E-state index is -1.54. The Hall–Kier alpha value is -2.82. The van der Waals surface area contributed by atoms with E-state index >= 15 is 4.39 Å². The Balaban J connectivity index is 1.21. The molecule has 7 rings (SSSR count). The number of aliphatic hydroxyl groups is 2. The molecule has 4 aliphatic carbocycles. The second-order valence-corrected chi connectivity index (χ2v) is 15.0. The lowest BCUT2D eigenvalue weighted by molar-refractivity contribution is -0.201. The molecule has 3 saturated carbocycles. The number of nitrogens with two attached hydrogens (primary N) is 1. The average Bonchev–Trinajstić information content (AvgIpc) is 3.49. The second-order valence-electron chi connectivity index (χ2n) is 14.0. The second kappa shape index (κ2) is 10.9. The monoisotopic (exact) mass is 633 g/mol. The smallest absolute Gasteiger partial charge is 0.193 e. The van der Waals surface area contributed by atoms with E-state index in [-0.39, 0.29) is 35.5 Å². The molecule has 5 aliphatic rings. The molecular formula is C36H40FNO6S. The summed E-state index contributed by atoms with van der Waals surface area (Å²) in [5.41, 5.74) is 6.13. The Morgan fingerprint density at radius 1 is 1.22 bits per heavy atom. The number of nitrogen functional groups attached to an aromatic ring is 1. The van der Waals surface area contributed by atoms with Gasteiger partial charge in [-0.05, 0) is 85.9 Å². The van der Waals surface area contributed by atoms with Crippen LogP contribution in [0.3, 0.4) is 0 Å². The number of benzene rings is 2. The van der Waals surface area contributed by atoms with Crippen LogP contribution in [0.25, 0.3) is 0 Å². The number of ketones is 2. The standard InChI is InChI=1S/C36H40FNO6S/c1-19-7-8-20(18-45-24-6-4-5-22(38)14-24)32(37)30(19)33-43-29-15-26-25-10-9-21-13-23(40)11-12-34(21,2)31(25)27(41)16-35(26,3)36(29,44-33)28(42)17-39/h4-8,11-14,25-27,29,31,33,39,41H,9-10,15-18,38H2,1-3H3/t25-,26-,27-,29+,31+,33-,34-,35-,36+/m0/s1. The Labute approximate surface area is 267 Å². The number of aliphatic hydroxyl groups excluding tert-OH is 2. The lowest BCUT2D eigenvalue weighted by atomic mass is 9.46. The molecule has 1 aliphatic heterocycles. The molecule has 2 aromatic carbocycles. The first-order chi connectivity index (χ1) is 21.4. The lowest BCUT2D eigenvalue weighted by Gasteiger charge is -2.59. The van der Waals surface area contributed by atoms with Crippen LogP contribution in [0.2, 0.25) is 0 Å². The molecule has 9 heteroatoms. The number of halogens is 1. The summed E-state index contributed by atoms with van der Waals surface area (Å²) in [6, 6.07) is 11.0. The van der Waals surface area contributed by atoms with Crippen LogP contribution >= 0.6 is 11.8 Å². The van der Waals surface area contributed by atoms with Crippen molar-refractivity contribution in [3.05, 3.63) is 82.7 Å². The van der Waals surface area contributed by atoms with E-state index in [1.54, 1.807) is 31.2 Å². The van der Waals surface area contributed by atoms with E-state index in [1.165, 1.54) is 11.8 Å². The Morgan fingerprint density at radius 3 is 2.78 bits per heavy atom. The number of fused-ring (bicyclic) bond motifs is 7. The van der Waals surface area contributed by atoms with Crippen LogP contribution in [0.4, 0.5) is 10.1 Å². The highest BCUT2D eigenvalue weighted by atomic mass is 32.2. The molecule has 0 radical (unpaired) electrons. The highest BCUT2D eigenvalue weighted by Crippen LogP contribution is 2.70. The average molecular weight is 634 g/mol. The van der Waals surface area contributed by atoms with Crippen molar-refractivity contribution < 1.29 is 33.7 Å². The highest BCUT2D eigenvalue weighted by molar-refractivity contribution is 7.98. The van der Waals surface area contributed by atoms with Gasteiger partial charge in [0, 0.05) is 38.6 Å². The van der Waals surface area contributed by atoms with Gasteiger partial charge in [0.2, 0.25) is 0 Å². The molecule has 0 spiro atoms. The maximum absolute atomic E-state index is 16.3. The lowest BCUT2D eigenvalue weighted by Crippen LogP contribution is -2.63. The molecule has 238 valence electrons. The Morgan fingerprint density at radius 2 is 2.02 bits per heavy atom. The molecule has 4 N–H and O–H groups in total. The molecule has 0 bridgehead atoms. The van der Waals surface area contributed by atoms with Crippen molar-refractivity contribution >= 4 is 29.0 Å². The Kier molecular flexibility index (Phi) is 7.45. The molecule has 0 amide bonds. The van der Waals surface area contributed by atoms with Gasteiger partial charge in [-0.15, -0.1) is 11.8 Å². The van der Waals surface area contributed by atoms with Crippen LogP contribution in [0.1, 0.15) is 62.5 Å². The van der Waals surface area contributed by atoms with Gasteiger partial charge in [0.15, 0.2) is 23.5 Å². The molecule has 0 aromatic heterocycles. The van der Waals surface area contributed by atoms with Crippen molar-refractivity contribution in [2.45, 2.75) is 81.2 Å². The topological polar surface area (TPSA) is 119 Å². The van der Waals surface area contributed by atoms with Gasteiger partial charge in [-0.2, -0.15) is 0 Å². The van der Waals surface area contributed by atoms with Crippen molar-refractivity contribution in [1.82, 2.24) is 0 Å². The van der Waals surface area contributed by atoms with Crippen molar-refractivity contribution in [3.8, 4) is 0 Å². The number of allylic oxidation sites excluding steroid dienone is 4. The van der Waals surface area contributed by atoms with E-state index in [0.29, 0.717) is 29.0 Å². The fourth-order valence-electron chi connectivity index (χ4n) is 9.72. The summed E-state index contributed by atoms with van der Waals surface area (Å²) in [5.74, 6) is -0.724. The first kappa shape index (κ1) is 30.8. The zero-order chi connectivity index (χ0) is 31.9. The first-order valence-electron chi connectivity index (χ1n) is 15.8. The van der Waals surface area contributed by atoms with Gasteiger partial charge in [-0.1, -0.05) is 43.7 Å². The number of hydrogen-bond acceptors (Lipinski definition) is 8. The molecule has 7 nitrogen and oxygen atoms in total. The van der Waals surface area contributed by atoms with Crippen LogP contribution in [0, 0.1) is 41.3 Å². The number of rotatable bonds is 6. The summed E-state index contributed by atoms with van der Waals surface area (Å²) in [6.07, 6.45) is 4.90. The van der Waals surface area contributed by atoms with Crippen molar-refractivity contribution in [2.24, 2.45) is 28.6 Å². The fraction of sp³-hybridized carbons (Fsp3) is 0.500. The first-order valence-corrected chi connectivity index (χ1v) is 16.8. The zero-order valence-corrected chi connectivity index (χ0v) is 26.6. The summed E-state index contributed by atoms with van der Waals surface area (Å²) in [6.45, 7) is 5.13. The van der Waals surface area contributed by atoms with Crippen LogP contribution in [-0.4, -0.2) is 46.2 Å². The molecule has 9 atom stereocenters. The molecule has 0 unspecified atom stereocenters. The van der Waals surface area contributed by atoms with Crippen LogP contribution < -0.4 is 5.73 Å². The quantitative estimate of drug-likeness (QED) is 0.278. The SMILES string of the molecule is Cc1ccc(CSc2cccc(N)c2)c(F)c1[C@H]1O[C@@H]2C[C@H]3[C@@H]4CCC5=CC(=O)C=C[C@]5(C)[C@H]4[C@@H](O)C[C@]3(C)[C@]2(C(=O)CO)O1. The van der Waals surface area contributed by atoms with Gasteiger partial charge in [-0.3, -0.25) is 9.59 Å². The maximum atomic E-state index is 16.3. The van der Waals surface area contributed by atoms with Crippen molar-refractivity contribution in [1.29, 1.82) is 0 Å². The maximum Gasteiger partial charge on any atom is 0.193 e. The predicted molar refractivity (Wildman–Crippen MR) is 168 cm³/mol. The minimum Gasteiger partial charge on any atom is -0.399 e. The number of thioether (sulfide) groups is 1. The van der Waals surface area contributed by atoms with Gasteiger partial charge in [0.1, 0.15) is 12.4 Å². The van der Waals surface area contributed by atoms with Crippen LogP contribution in [0.5, 0.6) is 0 Å². The number of hydrogen-bond donors (Lipinski definition) is 3. The number of carbonyl (C=O) groups is 2. The third-order valence-electron chi connectivity index (χ3n) is 11.8. The van der Waals surface area contributed by atoms with E-state index in [4.69, 9.17) is 15.2 Å². The van der Waals surface area contributed by atoms with E-state index in [9.17, 15) is 19.8 Å². The van der Waals surface area contributed by atoms with E-state index in [2.05, 4.69) is 6.92 Å².